The van der Waals surface area contributed by atoms with Gasteiger partial charge in [0.15, 0.2) is 0 Å². The number of hydrogen-bond acceptors (Lipinski definition) is 2. The van der Waals surface area contributed by atoms with Crippen molar-refractivity contribution in [2.75, 3.05) is 6.54 Å². The molecule has 134 valence electrons. The van der Waals surface area contributed by atoms with Crippen LogP contribution in [-0.2, 0) is 0 Å². The second kappa shape index (κ2) is 7.64. The number of H-pyrrole nitrogens is 1. The van der Waals surface area contributed by atoms with Gasteiger partial charge in [-0.2, -0.15) is 0 Å². The Morgan fingerprint density at radius 3 is 2.59 bits per heavy atom. The minimum Gasteiger partial charge on any atom is -0.361 e. The Kier molecular flexibility index (Phi) is 4.90. The van der Waals surface area contributed by atoms with Crippen molar-refractivity contribution < 1.29 is 4.79 Å². The van der Waals surface area contributed by atoms with Gasteiger partial charge in [0.25, 0.3) is 5.91 Å². The van der Waals surface area contributed by atoms with Gasteiger partial charge in [0.1, 0.15) is 5.69 Å². The lowest BCUT2D eigenvalue weighted by Crippen LogP contribution is -2.29. The maximum absolute atomic E-state index is 12.5. The first kappa shape index (κ1) is 17.3. The van der Waals surface area contributed by atoms with Gasteiger partial charge in [-0.15, -0.1) is 0 Å². The molecule has 2 N–H and O–H groups in total. The minimum atomic E-state index is -0.201. The van der Waals surface area contributed by atoms with Gasteiger partial charge < -0.3 is 10.3 Å². The molecular formula is C22H18ClN3O. The van der Waals surface area contributed by atoms with Crippen molar-refractivity contribution in [3.8, 4) is 0 Å². The van der Waals surface area contributed by atoms with Crippen LogP contribution in [0.15, 0.2) is 79.1 Å². The van der Waals surface area contributed by atoms with E-state index in [2.05, 4.69) is 21.4 Å². The van der Waals surface area contributed by atoms with E-state index in [9.17, 15) is 4.79 Å². The number of aromatic amines is 1. The Hall–Kier alpha value is -3.11. The van der Waals surface area contributed by atoms with Crippen LogP contribution in [0, 0.1) is 0 Å². The molecule has 0 fully saturated rings. The molecule has 0 aliphatic carbocycles. The quantitative estimate of drug-likeness (QED) is 0.527. The first-order valence-electron chi connectivity index (χ1n) is 8.73. The smallest absolute Gasteiger partial charge is 0.269 e. The summed E-state index contributed by atoms with van der Waals surface area (Å²) in [5.74, 6) is -0.282. The fourth-order valence-corrected chi connectivity index (χ4v) is 3.58. The van der Waals surface area contributed by atoms with E-state index in [0.717, 1.165) is 22.0 Å². The maximum Gasteiger partial charge on any atom is 0.269 e. The molecule has 4 rings (SSSR count). The van der Waals surface area contributed by atoms with Gasteiger partial charge in [-0.05, 0) is 35.4 Å². The third kappa shape index (κ3) is 3.57. The van der Waals surface area contributed by atoms with Gasteiger partial charge in [0.2, 0.25) is 0 Å². The summed E-state index contributed by atoms with van der Waals surface area (Å²) in [5.41, 5.74) is 3.53. The average Bonchev–Trinajstić information content (AvgIpc) is 3.14. The van der Waals surface area contributed by atoms with Gasteiger partial charge in [-0.3, -0.25) is 9.78 Å². The number of rotatable bonds is 5. The van der Waals surface area contributed by atoms with E-state index in [1.807, 2.05) is 48.7 Å². The second-order valence-electron chi connectivity index (χ2n) is 6.29. The molecular weight excluding hydrogens is 358 g/mol. The first-order valence-corrected chi connectivity index (χ1v) is 9.11. The number of amides is 1. The monoisotopic (exact) mass is 375 g/mol. The number of para-hydroxylation sites is 1. The van der Waals surface area contributed by atoms with Crippen molar-refractivity contribution in [1.82, 2.24) is 15.3 Å². The van der Waals surface area contributed by atoms with E-state index in [1.54, 1.807) is 24.4 Å². The summed E-state index contributed by atoms with van der Waals surface area (Å²) in [7, 11) is 0. The van der Waals surface area contributed by atoms with Crippen molar-refractivity contribution in [2.45, 2.75) is 5.92 Å². The summed E-state index contributed by atoms with van der Waals surface area (Å²) < 4.78 is 0. The lowest BCUT2D eigenvalue weighted by atomic mass is 9.90. The summed E-state index contributed by atoms with van der Waals surface area (Å²) in [6.07, 6.45) is 3.60. The van der Waals surface area contributed by atoms with E-state index < -0.39 is 0 Å². The van der Waals surface area contributed by atoms with Crippen LogP contribution in [0.5, 0.6) is 0 Å². The molecule has 0 aliphatic heterocycles. The normalized spacial score (nSPS) is 12.0. The molecule has 4 aromatic rings. The third-order valence-electron chi connectivity index (χ3n) is 4.64. The van der Waals surface area contributed by atoms with Gasteiger partial charge >= 0.3 is 0 Å². The SMILES string of the molecule is O=C(NC[C@H](c1ccccc1Cl)c1c[nH]c2ccccc12)c1ccccn1. The molecule has 4 nitrogen and oxygen atoms in total. The second-order valence-corrected chi connectivity index (χ2v) is 6.70. The number of halogens is 1. The molecule has 0 radical (unpaired) electrons. The highest BCUT2D eigenvalue weighted by atomic mass is 35.5. The van der Waals surface area contributed by atoms with Crippen molar-refractivity contribution in [3.63, 3.8) is 0 Å². The molecule has 0 spiro atoms. The fraction of sp³-hybridized carbons (Fsp3) is 0.0909. The van der Waals surface area contributed by atoms with Crippen molar-refractivity contribution in [1.29, 1.82) is 0 Å². The van der Waals surface area contributed by atoms with Gasteiger partial charge in [-0.25, -0.2) is 0 Å². The van der Waals surface area contributed by atoms with Crippen LogP contribution in [0.1, 0.15) is 27.5 Å². The summed E-state index contributed by atoms with van der Waals surface area (Å²) in [5, 5.41) is 4.80. The van der Waals surface area contributed by atoms with Gasteiger partial charge in [0.05, 0.1) is 0 Å². The number of carbonyl (C=O) groups excluding carboxylic acids is 1. The predicted octanol–water partition coefficient (Wildman–Crippen LogP) is 4.78. The number of aromatic nitrogens is 2. The number of carbonyl (C=O) groups is 1. The van der Waals surface area contributed by atoms with E-state index in [1.165, 1.54) is 0 Å². The zero-order chi connectivity index (χ0) is 18.6. The fourth-order valence-electron chi connectivity index (χ4n) is 3.31. The van der Waals surface area contributed by atoms with E-state index in [0.29, 0.717) is 17.3 Å². The number of fused-ring (bicyclic) bond motifs is 1. The van der Waals surface area contributed by atoms with Crippen LogP contribution in [-0.4, -0.2) is 22.4 Å². The Balaban J connectivity index is 1.69. The predicted molar refractivity (Wildman–Crippen MR) is 108 cm³/mol. The summed E-state index contributed by atoms with van der Waals surface area (Å²) in [6, 6.07) is 21.1. The molecule has 0 aliphatic rings. The van der Waals surface area contributed by atoms with E-state index >= 15 is 0 Å². The molecule has 0 bridgehead atoms. The number of nitrogens with zero attached hydrogens (tertiary/aromatic N) is 1. The maximum atomic E-state index is 12.5. The molecule has 2 aromatic carbocycles. The zero-order valence-electron chi connectivity index (χ0n) is 14.5. The molecule has 2 heterocycles. The van der Waals surface area contributed by atoms with E-state index in [-0.39, 0.29) is 11.8 Å². The largest absolute Gasteiger partial charge is 0.361 e. The highest BCUT2D eigenvalue weighted by molar-refractivity contribution is 6.31. The molecule has 2 aromatic heterocycles. The Labute approximate surface area is 162 Å². The highest BCUT2D eigenvalue weighted by Gasteiger charge is 2.21. The van der Waals surface area contributed by atoms with Crippen molar-refractivity contribution >= 4 is 28.4 Å². The Morgan fingerprint density at radius 1 is 1.00 bits per heavy atom. The van der Waals surface area contributed by atoms with E-state index in [4.69, 9.17) is 11.6 Å². The lowest BCUT2D eigenvalue weighted by molar-refractivity contribution is 0.0947. The van der Waals surface area contributed by atoms with Crippen molar-refractivity contribution in [2.24, 2.45) is 0 Å². The molecule has 27 heavy (non-hydrogen) atoms. The van der Waals surface area contributed by atoms with Crippen LogP contribution in [0.25, 0.3) is 10.9 Å². The van der Waals surface area contributed by atoms with Gasteiger partial charge in [-0.1, -0.05) is 54.1 Å². The number of hydrogen-bond donors (Lipinski definition) is 2. The van der Waals surface area contributed by atoms with Crippen LogP contribution in [0.2, 0.25) is 5.02 Å². The Bertz CT molecular complexity index is 1080. The number of nitrogens with one attached hydrogen (secondary N) is 2. The average molecular weight is 376 g/mol. The molecule has 5 heteroatoms. The Morgan fingerprint density at radius 2 is 1.78 bits per heavy atom. The summed E-state index contributed by atoms with van der Waals surface area (Å²) in [6.45, 7) is 0.418. The van der Waals surface area contributed by atoms with Crippen LogP contribution < -0.4 is 5.32 Å². The third-order valence-corrected chi connectivity index (χ3v) is 4.99. The molecule has 0 saturated carbocycles. The van der Waals surface area contributed by atoms with Crippen molar-refractivity contribution in [3.05, 3.63) is 101 Å². The molecule has 0 saturated heterocycles. The number of pyridine rings is 1. The standard InChI is InChI=1S/C22H18ClN3O/c23-19-9-3-1-7-15(19)17(14-26-22(27)21-11-5-6-12-24-21)18-13-25-20-10-4-2-8-16(18)20/h1-13,17,25H,14H2,(H,26,27)/t17-/m1/s1. The minimum absolute atomic E-state index is 0.0810. The molecule has 0 unspecified atom stereocenters. The summed E-state index contributed by atoms with van der Waals surface area (Å²) >= 11 is 6.48. The molecule has 1 atom stereocenters. The summed E-state index contributed by atoms with van der Waals surface area (Å²) in [4.78, 5) is 19.9. The topological polar surface area (TPSA) is 57.8 Å². The number of benzene rings is 2. The van der Waals surface area contributed by atoms with Crippen LogP contribution in [0.3, 0.4) is 0 Å². The first-order chi connectivity index (χ1) is 13.2. The highest BCUT2D eigenvalue weighted by Crippen LogP contribution is 2.34. The van der Waals surface area contributed by atoms with Crippen LogP contribution in [0.4, 0.5) is 0 Å². The van der Waals surface area contributed by atoms with Crippen LogP contribution >= 0.6 is 11.6 Å². The van der Waals surface area contributed by atoms with Gasteiger partial charge in [0, 0.05) is 40.8 Å². The molecule has 1 amide bonds. The lowest BCUT2D eigenvalue weighted by Gasteiger charge is -2.19. The zero-order valence-corrected chi connectivity index (χ0v) is 15.3.